The average molecular weight is 310 g/mol. The highest BCUT2D eigenvalue weighted by atomic mass is 16.5. The number of fused-ring (bicyclic) bond motifs is 1. The van der Waals surface area contributed by atoms with Crippen molar-refractivity contribution in [3.63, 3.8) is 0 Å². The van der Waals surface area contributed by atoms with Crippen molar-refractivity contribution < 1.29 is 9.53 Å². The molecule has 1 heterocycles. The first-order valence-corrected chi connectivity index (χ1v) is 7.98. The smallest absolute Gasteiger partial charge is 0.246 e. The van der Waals surface area contributed by atoms with E-state index in [0.717, 1.165) is 23.5 Å². The molecule has 0 saturated carbocycles. The Morgan fingerprint density at radius 1 is 1.13 bits per heavy atom. The lowest BCUT2D eigenvalue weighted by Crippen LogP contribution is -2.41. The lowest BCUT2D eigenvalue weighted by atomic mass is 10.1. The second-order valence-electron chi connectivity index (χ2n) is 5.87. The van der Waals surface area contributed by atoms with E-state index in [0.29, 0.717) is 19.7 Å². The van der Waals surface area contributed by atoms with Crippen molar-refractivity contribution in [3.8, 4) is 5.75 Å². The number of nitrogens with zero attached hydrogens (tertiary/aromatic N) is 1. The number of anilines is 2. The number of nitrogens with one attached hydrogen (secondary N) is 1. The number of hydrogen-bond donors (Lipinski definition) is 1. The van der Waals surface area contributed by atoms with Gasteiger partial charge in [-0.1, -0.05) is 18.2 Å². The SMILES string of the molecule is Cc1cc2c(cc1C)N(CCCOc1ccccc1)C(=O)CN2. The van der Waals surface area contributed by atoms with Crippen LogP contribution in [0.2, 0.25) is 0 Å². The quantitative estimate of drug-likeness (QED) is 0.859. The number of carbonyl (C=O) groups is 1. The predicted octanol–water partition coefficient (Wildman–Crippen LogP) is 3.53. The molecule has 0 bridgehead atoms. The largest absolute Gasteiger partial charge is 0.494 e. The molecule has 0 saturated heterocycles. The van der Waals surface area contributed by atoms with E-state index in [4.69, 9.17) is 4.74 Å². The van der Waals surface area contributed by atoms with E-state index >= 15 is 0 Å². The number of carbonyl (C=O) groups excluding carboxylic acids is 1. The first kappa shape index (κ1) is 15.4. The van der Waals surface area contributed by atoms with Crippen molar-refractivity contribution in [1.29, 1.82) is 0 Å². The van der Waals surface area contributed by atoms with E-state index in [2.05, 4.69) is 31.3 Å². The minimum atomic E-state index is 0.112. The fraction of sp³-hybridized carbons (Fsp3) is 0.316. The Morgan fingerprint density at radius 2 is 1.87 bits per heavy atom. The molecule has 0 unspecified atom stereocenters. The van der Waals surface area contributed by atoms with Crippen molar-refractivity contribution in [3.05, 3.63) is 53.6 Å². The van der Waals surface area contributed by atoms with Gasteiger partial charge in [-0.05, 0) is 55.7 Å². The normalized spacial score (nSPS) is 13.5. The minimum Gasteiger partial charge on any atom is -0.494 e. The van der Waals surface area contributed by atoms with Crippen LogP contribution >= 0.6 is 0 Å². The molecule has 0 aliphatic carbocycles. The summed E-state index contributed by atoms with van der Waals surface area (Å²) < 4.78 is 5.71. The van der Waals surface area contributed by atoms with Crippen LogP contribution < -0.4 is 15.0 Å². The Bertz CT molecular complexity index is 698. The number of hydrogen-bond acceptors (Lipinski definition) is 3. The highest BCUT2D eigenvalue weighted by molar-refractivity contribution is 6.02. The van der Waals surface area contributed by atoms with Crippen LogP contribution in [-0.4, -0.2) is 25.6 Å². The van der Waals surface area contributed by atoms with Crippen LogP contribution in [-0.2, 0) is 4.79 Å². The van der Waals surface area contributed by atoms with E-state index in [1.807, 2.05) is 35.2 Å². The third-order valence-electron chi connectivity index (χ3n) is 4.17. The summed E-state index contributed by atoms with van der Waals surface area (Å²) in [5.74, 6) is 0.978. The molecule has 4 nitrogen and oxygen atoms in total. The molecule has 0 aromatic heterocycles. The predicted molar refractivity (Wildman–Crippen MR) is 93.3 cm³/mol. The highest BCUT2D eigenvalue weighted by Crippen LogP contribution is 2.32. The van der Waals surface area contributed by atoms with Gasteiger partial charge in [-0.25, -0.2) is 0 Å². The van der Waals surface area contributed by atoms with Gasteiger partial charge >= 0.3 is 0 Å². The summed E-state index contributed by atoms with van der Waals surface area (Å²) in [6.07, 6.45) is 0.799. The molecule has 2 aromatic carbocycles. The molecule has 120 valence electrons. The zero-order valence-corrected chi connectivity index (χ0v) is 13.6. The summed E-state index contributed by atoms with van der Waals surface area (Å²) in [5.41, 5.74) is 4.45. The zero-order chi connectivity index (χ0) is 16.2. The number of ether oxygens (including phenoxy) is 1. The maximum Gasteiger partial charge on any atom is 0.246 e. The van der Waals surface area contributed by atoms with Gasteiger partial charge in [-0.3, -0.25) is 4.79 Å². The lowest BCUT2D eigenvalue weighted by Gasteiger charge is -2.31. The summed E-state index contributed by atoms with van der Waals surface area (Å²) in [5, 5.41) is 3.20. The molecule has 1 amide bonds. The molecule has 2 aromatic rings. The molecule has 1 aliphatic rings. The third-order valence-corrected chi connectivity index (χ3v) is 4.17. The molecule has 0 radical (unpaired) electrons. The average Bonchev–Trinajstić information content (AvgIpc) is 2.56. The molecule has 3 rings (SSSR count). The van der Waals surface area contributed by atoms with E-state index in [1.165, 1.54) is 11.1 Å². The maximum atomic E-state index is 12.2. The molecular weight excluding hydrogens is 288 g/mol. The van der Waals surface area contributed by atoms with Crippen molar-refractivity contribution in [2.75, 3.05) is 29.9 Å². The molecule has 0 atom stereocenters. The Kier molecular flexibility index (Phi) is 4.51. The lowest BCUT2D eigenvalue weighted by molar-refractivity contribution is -0.117. The standard InChI is InChI=1S/C19H22N2O2/c1-14-11-17-18(12-15(14)2)21(19(22)13-20-17)9-6-10-23-16-7-4-3-5-8-16/h3-5,7-8,11-12,20H,6,9-10,13H2,1-2H3. The maximum absolute atomic E-state index is 12.2. The van der Waals surface area contributed by atoms with Crippen LogP contribution in [0.1, 0.15) is 17.5 Å². The number of benzene rings is 2. The molecular formula is C19H22N2O2. The van der Waals surface area contributed by atoms with E-state index in [-0.39, 0.29) is 5.91 Å². The minimum absolute atomic E-state index is 0.112. The topological polar surface area (TPSA) is 41.6 Å². The number of para-hydroxylation sites is 1. The summed E-state index contributed by atoms with van der Waals surface area (Å²) in [6.45, 7) is 5.79. The zero-order valence-electron chi connectivity index (χ0n) is 13.6. The summed E-state index contributed by atoms with van der Waals surface area (Å²) in [7, 11) is 0. The highest BCUT2D eigenvalue weighted by Gasteiger charge is 2.24. The van der Waals surface area contributed by atoms with Crippen molar-refractivity contribution in [1.82, 2.24) is 0 Å². The van der Waals surface area contributed by atoms with Gasteiger partial charge < -0.3 is 15.0 Å². The van der Waals surface area contributed by atoms with Gasteiger partial charge in [0.1, 0.15) is 5.75 Å². The Balaban J connectivity index is 1.64. The van der Waals surface area contributed by atoms with Crippen molar-refractivity contribution in [2.45, 2.75) is 20.3 Å². The summed E-state index contributed by atoms with van der Waals surface area (Å²) in [4.78, 5) is 14.1. The van der Waals surface area contributed by atoms with Crippen LogP contribution in [0.15, 0.2) is 42.5 Å². The fourth-order valence-electron chi connectivity index (χ4n) is 2.74. The van der Waals surface area contributed by atoms with Crippen LogP contribution in [0.5, 0.6) is 5.75 Å². The van der Waals surface area contributed by atoms with Gasteiger partial charge in [0, 0.05) is 6.54 Å². The third kappa shape index (κ3) is 3.47. The van der Waals surface area contributed by atoms with E-state index in [9.17, 15) is 4.79 Å². The fourth-order valence-corrected chi connectivity index (χ4v) is 2.74. The van der Waals surface area contributed by atoms with Gasteiger partial charge in [0.25, 0.3) is 0 Å². The van der Waals surface area contributed by atoms with E-state index in [1.54, 1.807) is 0 Å². The molecule has 1 aliphatic heterocycles. The molecule has 4 heteroatoms. The first-order chi connectivity index (χ1) is 11.1. The monoisotopic (exact) mass is 310 g/mol. The van der Waals surface area contributed by atoms with Crippen LogP contribution in [0.4, 0.5) is 11.4 Å². The molecule has 1 N–H and O–H groups in total. The van der Waals surface area contributed by atoms with Crippen molar-refractivity contribution >= 4 is 17.3 Å². The second-order valence-corrected chi connectivity index (χ2v) is 5.87. The van der Waals surface area contributed by atoms with Crippen LogP contribution in [0, 0.1) is 13.8 Å². The van der Waals surface area contributed by atoms with E-state index < -0.39 is 0 Å². The molecule has 0 spiro atoms. The van der Waals surface area contributed by atoms with Gasteiger partial charge in [0.15, 0.2) is 0 Å². The summed E-state index contributed by atoms with van der Waals surface area (Å²) in [6, 6.07) is 14.0. The second kappa shape index (κ2) is 6.73. The first-order valence-electron chi connectivity index (χ1n) is 7.98. The van der Waals surface area contributed by atoms with Crippen LogP contribution in [0.3, 0.4) is 0 Å². The van der Waals surface area contributed by atoms with Gasteiger partial charge in [-0.2, -0.15) is 0 Å². The Labute approximate surface area is 137 Å². The molecule has 23 heavy (non-hydrogen) atoms. The Morgan fingerprint density at radius 3 is 2.65 bits per heavy atom. The number of aryl methyl sites for hydroxylation is 2. The molecule has 0 fully saturated rings. The number of amides is 1. The van der Waals surface area contributed by atoms with Crippen molar-refractivity contribution in [2.24, 2.45) is 0 Å². The van der Waals surface area contributed by atoms with Crippen LogP contribution in [0.25, 0.3) is 0 Å². The van der Waals surface area contributed by atoms with Gasteiger partial charge in [0.05, 0.1) is 24.5 Å². The van der Waals surface area contributed by atoms with Gasteiger partial charge in [-0.15, -0.1) is 0 Å². The number of rotatable bonds is 5. The van der Waals surface area contributed by atoms with Gasteiger partial charge in [0.2, 0.25) is 5.91 Å². The summed E-state index contributed by atoms with van der Waals surface area (Å²) >= 11 is 0. The Hall–Kier alpha value is -2.49.